The highest BCUT2D eigenvalue weighted by Crippen LogP contribution is 2.28. The summed E-state index contributed by atoms with van der Waals surface area (Å²) in [6, 6.07) is 18.2. The Morgan fingerprint density at radius 2 is 1.46 bits per heavy atom. The molecule has 5 rings (SSSR count). The van der Waals surface area contributed by atoms with Crippen molar-refractivity contribution in [1.82, 2.24) is 24.6 Å². The van der Waals surface area contributed by atoms with E-state index in [0.29, 0.717) is 37.4 Å². The molecule has 178 valence electrons. The number of hydrogen-bond donors (Lipinski definition) is 1. The molecule has 8 heteroatoms. The number of piperazine rings is 1. The fraction of sp³-hybridized carbons (Fsp3) is 0.259. The van der Waals surface area contributed by atoms with Gasteiger partial charge < -0.3 is 14.9 Å². The van der Waals surface area contributed by atoms with Gasteiger partial charge in [-0.1, -0.05) is 42.5 Å². The monoisotopic (exact) mass is 469 g/mol. The first-order valence-corrected chi connectivity index (χ1v) is 11.7. The molecule has 1 aliphatic heterocycles. The molecule has 1 N–H and O–H groups in total. The third kappa shape index (κ3) is 4.23. The molecule has 0 aliphatic carbocycles. The number of phenolic OH excluding ortho intramolecular Hbond substituents is 1. The molecule has 1 aliphatic rings. The normalized spacial score (nSPS) is 14.0. The lowest BCUT2D eigenvalue weighted by molar-refractivity contribution is 0.0534. The maximum Gasteiger partial charge on any atom is 0.257 e. The lowest BCUT2D eigenvalue weighted by atomic mass is 10.1. The van der Waals surface area contributed by atoms with Gasteiger partial charge in [-0.2, -0.15) is 5.10 Å². The predicted octanol–water partition coefficient (Wildman–Crippen LogP) is 3.98. The molecular weight excluding hydrogens is 442 g/mol. The van der Waals surface area contributed by atoms with Crippen LogP contribution in [0.4, 0.5) is 0 Å². The Hall–Kier alpha value is -4.20. The van der Waals surface area contributed by atoms with Crippen molar-refractivity contribution >= 4 is 22.8 Å². The first-order chi connectivity index (χ1) is 16.9. The van der Waals surface area contributed by atoms with Gasteiger partial charge in [-0.3, -0.25) is 9.59 Å². The van der Waals surface area contributed by atoms with Gasteiger partial charge in [-0.05, 0) is 32.0 Å². The number of carbonyl (C=O) groups is 2. The topological polar surface area (TPSA) is 91.6 Å². The molecule has 0 radical (unpaired) electrons. The molecule has 2 amide bonds. The van der Waals surface area contributed by atoms with E-state index in [-0.39, 0.29) is 29.2 Å². The van der Waals surface area contributed by atoms with Gasteiger partial charge in [0.05, 0.1) is 28.4 Å². The van der Waals surface area contributed by atoms with Crippen LogP contribution in [0.3, 0.4) is 0 Å². The molecule has 2 aromatic carbocycles. The number of para-hydroxylation sites is 1. The van der Waals surface area contributed by atoms with E-state index in [9.17, 15) is 14.7 Å². The van der Waals surface area contributed by atoms with Gasteiger partial charge >= 0.3 is 0 Å². The first-order valence-electron chi connectivity index (χ1n) is 11.7. The van der Waals surface area contributed by atoms with Crippen molar-refractivity contribution in [3.63, 3.8) is 0 Å². The van der Waals surface area contributed by atoms with Crippen LogP contribution in [0.25, 0.3) is 22.3 Å². The molecule has 0 bridgehead atoms. The second-order valence-electron chi connectivity index (χ2n) is 8.94. The summed E-state index contributed by atoms with van der Waals surface area (Å²) >= 11 is 0. The van der Waals surface area contributed by atoms with Crippen molar-refractivity contribution in [2.45, 2.75) is 19.9 Å². The summed E-state index contributed by atoms with van der Waals surface area (Å²) < 4.78 is 1.83. The van der Waals surface area contributed by atoms with Crippen LogP contribution in [-0.4, -0.2) is 67.7 Å². The van der Waals surface area contributed by atoms with E-state index < -0.39 is 0 Å². The highest BCUT2D eigenvalue weighted by atomic mass is 16.3. The zero-order valence-electron chi connectivity index (χ0n) is 19.8. The van der Waals surface area contributed by atoms with Crippen LogP contribution in [-0.2, 0) is 0 Å². The third-order valence-electron chi connectivity index (χ3n) is 6.34. The second-order valence-corrected chi connectivity index (χ2v) is 8.94. The highest BCUT2D eigenvalue weighted by Gasteiger charge is 2.28. The molecule has 1 fully saturated rings. The van der Waals surface area contributed by atoms with E-state index in [0.717, 1.165) is 16.6 Å². The average Bonchev–Trinajstić information content (AvgIpc) is 3.33. The maximum absolute atomic E-state index is 13.7. The minimum absolute atomic E-state index is 0.0363. The SMILES string of the molecule is CC(C)n1ncc2c(C(=O)N3CCN(C(=O)c4ccccc4O)CC3)cc(-c3ccccc3)nc21. The molecule has 2 aromatic heterocycles. The van der Waals surface area contributed by atoms with Crippen molar-refractivity contribution in [2.24, 2.45) is 0 Å². The second kappa shape index (κ2) is 9.21. The number of benzene rings is 2. The molecule has 8 nitrogen and oxygen atoms in total. The van der Waals surface area contributed by atoms with Crippen LogP contribution >= 0.6 is 0 Å². The zero-order chi connectivity index (χ0) is 24.5. The van der Waals surface area contributed by atoms with Crippen LogP contribution in [0, 0.1) is 0 Å². The number of fused-ring (bicyclic) bond motifs is 1. The van der Waals surface area contributed by atoms with Crippen LogP contribution in [0.15, 0.2) is 66.9 Å². The van der Waals surface area contributed by atoms with Gasteiger partial charge in [0, 0.05) is 37.8 Å². The summed E-state index contributed by atoms with van der Waals surface area (Å²) in [4.78, 5) is 34.8. The van der Waals surface area contributed by atoms with Crippen molar-refractivity contribution in [2.75, 3.05) is 26.2 Å². The number of aromatic nitrogens is 3. The Bertz CT molecular complexity index is 1390. The van der Waals surface area contributed by atoms with Crippen molar-refractivity contribution in [3.05, 3.63) is 78.0 Å². The molecule has 0 saturated carbocycles. The van der Waals surface area contributed by atoms with Gasteiger partial charge in [0.25, 0.3) is 11.8 Å². The molecule has 3 heterocycles. The van der Waals surface area contributed by atoms with Crippen LogP contribution in [0.5, 0.6) is 5.75 Å². The lowest BCUT2D eigenvalue weighted by Gasteiger charge is -2.35. The van der Waals surface area contributed by atoms with Crippen molar-refractivity contribution in [3.8, 4) is 17.0 Å². The smallest absolute Gasteiger partial charge is 0.257 e. The van der Waals surface area contributed by atoms with Gasteiger partial charge in [-0.15, -0.1) is 0 Å². The minimum atomic E-state index is -0.230. The molecule has 0 unspecified atom stereocenters. The number of nitrogens with zero attached hydrogens (tertiary/aromatic N) is 5. The predicted molar refractivity (Wildman–Crippen MR) is 133 cm³/mol. The summed E-state index contributed by atoms with van der Waals surface area (Å²) in [5.41, 5.74) is 3.16. The molecule has 4 aromatic rings. The zero-order valence-corrected chi connectivity index (χ0v) is 19.8. The van der Waals surface area contributed by atoms with Crippen LogP contribution in [0.2, 0.25) is 0 Å². The number of phenols is 1. The lowest BCUT2D eigenvalue weighted by Crippen LogP contribution is -2.50. The Balaban J connectivity index is 1.43. The highest BCUT2D eigenvalue weighted by molar-refractivity contribution is 6.06. The third-order valence-corrected chi connectivity index (χ3v) is 6.34. The number of pyridine rings is 1. The first kappa shape index (κ1) is 22.6. The summed E-state index contributed by atoms with van der Waals surface area (Å²) in [6.45, 7) is 5.66. The summed E-state index contributed by atoms with van der Waals surface area (Å²) in [6.07, 6.45) is 1.71. The van der Waals surface area contributed by atoms with Crippen molar-refractivity contribution in [1.29, 1.82) is 0 Å². The Morgan fingerprint density at radius 3 is 2.09 bits per heavy atom. The molecular formula is C27H27N5O3. The fourth-order valence-electron chi connectivity index (χ4n) is 4.44. The van der Waals surface area contributed by atoms with E-state index >= 15 is 0 Å². The Labute approximate surface area is 203 Å². The maximum atomic E-state index is 13.7. The van der Waals surface area contributed by atoms with E-state index in [1.54, 1.807) is 34.2 Å². The quantitative estimate of drug-likeness (QED) is 0.488. The van der Waals surface area contributed by atoms with Crippen LogP contribution < -0.4 is 0 Å². The average molecular weight is 470 g/mol. The number of rotatable bonds is 4. The standard InChI is InChI=1S/C27H27N5O3/c1-18(2)32-25-22(17-28-32)21(16-23(29-25)19-8-4-3-5-9-19)27(35)31-14-12-30(13-15-31)26(34)20-10-6-7-11-24(20)33/h3-11,16-18,33H,12-15H2,1-2H3. The fourth-order valence-corrected chi connectivity index (χ4v) is 4.44. The van der Waals surface area contributed by atoms with Crippen molar-refractivity contribution < 1.29 is 14.7 Å². The van der Waals surface area contributed by atoms with E-state index in [2.05, 4.69) is 5.10 Å². The largest absolute Gasteiger partial charge is 0.507 e. The minimum Gasteiger partial charge on any atom is -0.507 e. The van der Waals surface area contributed by atoms with Gasteiger partial charge in [-0.25, -0.2) is 9.67 Å². The Morgan fingerprint density at radius 1 is 0.857 bits per heavy atom. The van der Waals surface area contributed by atoms with Gasteiger partial charge in [0.15, 0.2) is 5.65 Å². The number of amides is 2. The molecule has 0 atom stereocenters. The summed E-state index contributed by atoms with van der Waals surface area (Å²) in [7, 11) is 0. The number of carbonyl (C=O) groups excluding carboxylic acids is 2. The van der Waals surface area contributed by atoms with E-state index in [1.165, 1.54) is 6.07 Å². The van der Waals surface area contributed by atoms with Gasteiger partial charge in [0.1, 0.15) is 5.75 Å². The Kier molecular flexibility index (Phi) is 5.94. The summed E-state index contributed by atoms with van der Waals surface area (Å²) in [5.74, 6) is -0.371. The number of hydrogen-bond acceptors (Lipinski definition) is 5. The summed E-state index contributed by atoms with van der Waals surface area (Å²) in [5, 5.41) is 15.3. The molecule has 1 saturated heterocycles. The van der Waals surface area contributed by atoms with Gasteiger partial charge in [0.2, 0.25) is 0 Å². The number of aromatic hydroxyl groups is 1. The van der Waals surface area contributed by atoms with E-state index in [1.807, 2.05) is 54.9 Å². The van der Waals surface area contributed by atoms with E-state index in [4.69, 9.17) is 4.98 Å². The molecule has 0 spiro atoms. The van der Waals surface area contributed by atoms with Crippen LogP contribution in [0.1, 0.15) is 40.6 Å². The molecule has 35 heavy (non-hydrogen) atoms.